The van der Waals surface area contributed by atoms with Gasteiger partial charge in [0.05, 0.1) is 18.7 Å². The number of carbonyl (C=O) groups excluding carboxylic acids is 3. The molecule has 2 aromatic carbocycles. The SMILES string of the molecule is N[C@@H](Cc1cnc[nH]1)C(=O)N[C@@H](Cc1c[nH]c2ccccc12)C(=O)N[C@@H](Cc1ccccc1)C(=O)N[C@@H](Cc1cnc[nH]1)C(=O)O. The monoisotopic (exact) mass is 625 g/mol. The van der Waals surface area contributed by atoms with Crippen LogP contribution in [0.2, 0.25) is 0 Å². The molecule has 0 aliphatic carbocycles. The molecule has 238 valence electrons. The number of nitrogens with zero attached hydrogens (tertiary/aromatic N) is 2. The number of benzene rings is 2. The lowest BCUT2D eigenvalue weighted by atomic mass is 10.0. The Hall–Kier alpha value is -5.76. The Morgan fingerprint density at radius 3 is 1.93 bits per heavy atom. The maximum Gasteiger partial charge on any atom is 0.326 e. The molecule has 0 saturated carbocycles. The van der Waals surface area contributed by atoms with Crippen molar-refractivity contribution in [2.75, 3.05) is 0 Å². The number of nitrogens with two attached hydrogens (primary N) is 1. The van der Waals surface area contributed by atoms with Gasteiger partial charge in [0, 0.05) is 66.6 Å². The van der Waals surface area contributed by atoms with E-state index in [9.17, 15) is 24.3 Å². The Kier molecular flexibility index (Phi) is 10.2. The fourth-order valence-corrected chi connectivity index (χ4v) is 5.15. The summed E-state index contributed by atoms with van der Waals surface area (Å²) < 4.78 is 0. The minimum absolute atomic E-state index is 0.0411. The van der Waals surface area contributed by atoms with E-state index in [-0.39, 0.29) is 25.7 Å². The molecule has 3 heterocycles. The number of hydrogen-bond donors (Lipinski definition) is 8. The third kappa shape index (κ3) is 8.24. The number of hydrogen-bond acceptors (Lipinski definition) is 7. The molecule has 9 N–H and O–H groups in total. The summed E-state index contributed by atoms with van der Waals surface area (Å²) in [7, 11) is 0. The molecule has 0 radical (unpaired) electrons. The van der Waals surface area contributed by atoms with Gasteiger partial charge in [0.25, 0.3) is 0 Å². The number of nitrogens with one attached hydrogen (secondary N) is 6. The topological polar surface area (TPSA) is 224 Å². The van der Waals surface area contributed by atoms with Gasteiger partial charge in [-0.2, -0.15) is 0 Å². The number of para-hydroxylation sites is 1. The summed E-state index contributed by atoms with van der Waals surface area (Å²) in [6.07, 6.45) is 7.99. The van der Waals surface area contributed by atoms with Crippen LogP contribution in [0.25, 0.3) is 10.9 Å². The van der Waals surface area contributed by atoms with Crippen molar-refractivity contribution in [2.45, 2.75) is 49.9 Å². The summed E-state index contributed by atoms with van der Waals surface area (Å²) in [6.45, 7) is 0. The van der Waals surface area contributed by atoms with Crippen LogP contribution in [0.5, 0.6) is 0 Å². The van der Waals surface area contributed by atoms with E-state index in [1.807, 2.05) is 30.3 Å². The Bertz CT molecular complexity index is 1750. The molecule has 0 aliphatic heterocycles. The predicted molar refractivity (Wildman–Crippen MR) is 168 cm³/mol. The van der Waals surface area contributed by atoms with Crippen molar-refractivity contribution >= 4 is 34.6 Å². The van der Waals surface area contributed by atoms with Crippen LogP contribution in [-0.2, 0) is 44.9 Å². The number of carboxylic acid groups (broad SMARTS) is 1. The van der Waals surface area contributed by atoms with Gasteiger partial charge in [0.15, 0.2) is 0 Å². The van der Waals surface area contributed by atoms with E-state index in [4.69, 9.17) is 5.73 Å². The van der Waals surface area contributed by atoms with Crippen molar-refractivity contribution in [1.82, 2.24) is 40.9 Å². The number of rotatable bonds is 15. The first-order chi connectivity index (χ1) is 22.3. The second-order valence-corrected chi connectivity index (χ2v) is 10.9. The molecule has 4 atom stereocenters. The molecule has 3 aromatic heterocycles. The average molecular weight is 626 g/mol. The lowest BCUT2D eigenvalue weighted by Gasteiger charge is -2.25. The number of aromatic amines is 3. The van der Waals surface area contributed by atoms with Gasteiger partial charge in [-0.3, -0.25) is 14.4 Å². The molecule has 46 heavy (non-hydrogen) atoms. The number of imidazole rings is 2. The number of aromatic nitrogens is 5. The summed E-state index contributed by atoms with van der Waals surface area (Å²) in [5.74, 6) is -3.14. The third-order valence-corrected chi connectivity index (χ3v) is 7.57. The summed E-state index contributed by atoms with van der Waals surface area (Å²) in [5.41, 5.74) is 9.73. The molecule has 3 amide bonds. The van der Waals surface area contributed by atoms with Crippen molar-refractivity contribution in [3.63, 3.8) is 0 Å². The largest absolute Gasteiger partial charge is 0.480 e. The van der Waals surface area contributed by atoms with E-state index in [0.29, 0.717) is 11.4 Å². The van der Waals surface area contributed by atoms with E-state index >= 15 is 0 Å². The molecule has 0 bridgehead atoms. The van der Waals surface area contributed by atoms with Gasteiger partial charge < -0.3 is 41.7 Å². The second-order valence-electron chi connectivity index (χ2n) is 10.9. The normalized spacial score (nSPS) is 13.8. The molecule has 0 saturated heterocycles. The van der Waals surface area contributed by atoms with Crippen LogP contribution in [-0.4, -0.2) is 77.9 Å². The van der Waals surface area contributed by atoms with Gasteiger partial charge in [0.1, 0.15) is 18.1 Å². The molecule has 14 heteroatoms. The fraction of sp³-hybridized carbons (Fsp3) is 0.250. The van der Waals surface area contributed by atoms with Gasteiger partial charge in [0.2, 0.25) is 17.7 Å². The first kappa shape index (κ1) is 31.7. The van der Waals surface area contributed by atoms with Crippen LogP contribution < -0.4 is 21.7 Å². The third-order valence-electron chi connectivity index (χ3n) is 7.57. The predicted octanol–water partition coefficient (Wildman–Crippen LogP) is 0.751. The quantitative estimate of drug-likeness (QED) is 0.0827. The molecular weight excluding hydrogens is 590 g/mol. The average Bonchev–Trinajstić information content (AvgIpc) is 3.84. The Morgan fingerprint density at radius 2 is 1.28 bits per heavy atom. The summed E-state index contributed by atoms with van der Waals surface area (Å²) in [5, 5.41) is 18.8. The van der Waals surface area contributed by atoms with E-state index in [1.54, 1.807) is 36.7 Å². The van der Waals surface area contributed by atoms with Gasteiger partial charge in [-0.25, -0.2) is 14.8 Å². The number of carboxylic acids is 1. The maximum absolute atomic E-state index is 14.0. The minimum Gasteiger partial charge on any atom is -0.480 e. The van der Waals surface area contributed by atoms with Crippen molar-refractivity contribution in [2.24, 2.45) is 5.73 Å². The van der Waals surface area contributed by atoms with Crippen LogP contribution in [0.1, 0.15) is 22.5 Å². The van der Waals surface area contributed by atoms with E-state index < -0.39 is 47.9 Å². The highest BCUT2D eigenvalue weighted by atomic mass is 16.4. The first-order valence-electron chi connectivity index (χ1n) is 14.7. The highest BCUT2D eigenvalue weighted by Crippen LogP contribution is 2.19. The van der Waals surface area contributed by atoms with Crippen LogP contribution in [0, 0.1) is 0 Å². The van der Waals surface area contributed by atoms with Crippen molar-refractivity contribution < 1.29 is 24.3 Å². The standard InChI is InChI=1S/C32H35N9O5/c33-24(12-21-15-34-17-37-21)29(42)39-27(11-20-14-36-25-9-5-4-8-23(20)25)31(44)40-26(10-19-6-2-1-3-7-19)30(43)41-28(32(45)46)13-22-16-35-18-38-22/h1-9,14-18,24,26-28,36H,10-13,33H2,(H,34,37)(H,35,38)(H,39,42)(H,40,44)(H,41,43)(H,45,46)/t24-,26-,27-,28-/m0/s1. The van der Waals surface area contributed by atoms with Crippen molar-refractivity contribution in [3.05, 3.63) is 108 Å². The molecule has 5 rings (SSSR count). The lowest BCUT2D eigenvalue weighted by molar-refractivity contribution is -0.142. The zero-order chi connectivity index (χ0) is 32.5. The van der Waals surface area contributed by atoms with Gasteiger partial charge in [-0.15, -0.1) is 0 Å². The van der Waals surface area contributed by atoms with Crippen LogP contribution in [0.15, 0.2) is 85.8 Å². The smallest absolute Gasteiger partial charge is 0.326 e. The van der Waals surface area contributed by atoms with Crippen LogP contribution in [0.3, 0.4) is 0 Å². The fourth-order valence-electron chi connectivity index (χ4n) is 5.15. The number of carbonyl (C=O) groups is 4. The number of amides is 3. The van der Waals surface area contributed by atoms with Crippen LogP contribution in [0.4, 0.5) is 0 Å². The lowest BCUT2D eigenvalue weighted by Crippen LogP contribution is -2.58. The number of fused-ring (bicyclic) bond motifs is 1. The highest BCUT2D eigenvalue weighted by molar-refractivity contribution is 5.95. The zero-order valence-corrected chi connectivity index (χ0v) is 24.8. The van der Waals surface area contributed by atoms with Crippen molar-refractivity contribution in [1.29, 1.82) is 0 Å². The van der Waals surface area contributed by atoms with Crippen molar-refractivity contribution in [3.8, 4) is 0 Å². The van der Waals surface area contributed by atoms with Gasteiger partial charge >= 0.3 is 5.97 Å². The second kappa shape index (κ2) is 14.8. The first-order valence-corrected chi connectivity index (χ1v) is 14.7. The Balaban J connectivity index is 1.38. The number of aliphatic carboxylic acids is 1. The van der Waals surface area contributed by atoms with E-state index in [2.05, 4.69) is 40.9 Å². The van der Waals surface area contributed by atoms with Gasteiger partial charge in [-0.05, 0) is 17.2 Å². The Labute approximate surface area is 263 Å². The maximum atomic E-state index is 14.0. The molecular formula is C32H35N9O5. The van der Waals surface area contributed by atoms with E-state index in [0.717, 1.165) is 22.0 Å². The minimum atomic E-state index is -1.29. The molecule has 14 nitrogen and oxygen atoms in total. The molecule has 0 unspecified atom stereocenters. The summed E-state index contributed by atoms with van der Waals surface area (Å²) in [4.78, 5) is 69.6. The number of H-pyrrole nitrogens is 3. The molecule has 0 spiro atoms. The zero-order valence-electron chi connectivity index (χ0n) is 24.8. The molecule has 0 fully saturated rings. The van der Waals surface area contributed by atoms with Gasteiger partial charge in [-0.1, -0.05) is 48.5 Å². The summed E-state index contributed by atoms with van der Waals surface area (Å²) >= 11 is 0. The van der Waals surface area contributed by atoms with E-state index in [1.165, 1.54) is 18.9 Å². The highest BCUT2D eigenvalue weighted by Gasteiger charge is 2.31. The Morgan fingerprint density at radius 1 is 0.696 bits per heavy atom. The molecule has 5 aromatic rings. The van der Waals surface area contributed by atoms with Crippen LogP contribution >= 0.6 is 0 Å². The molecule has 0 aliphatic rings. The summed E-state index contributed by atoms with van der Waals surface area (Å²) in [6, 6.07) is 12.0.